The molecule has 0 spiro atoms. The lowest BCUT2D eigenvalue weighted by Gasteiger charge is -2.09. The third-order valence-corrected chi connectivity index (χ3v) is 3.73. The summed E-state index contributed by atoms with van der Waals surface area (Å²) in [5.41, 5.74) is 6.03. The minimum absolute atomic E-state index is 1.10. The summed E-state index contributed by atoms with van der Waals surface area (Å²) in [5, 5.41) is 2.85. The molecule has 0 bridgehead atoms. The summed E-state index contributed by atoms with van der Waals surface area (Å²) in [6, 6.07) is 13.3. The zero-order valence-corrected chi connectivity index (χ0v) is 9.03. The Kier molecular flexibility index (Phi) is 1.49. The van der Waals surface area contributed by atoms with Crippen LogP contribution < -0.4 is 0 Å². The molecule has 0 atom stereocenters. The zero-order valence-electron chi connectivity index (χ0n) is 9.03. The number of hydrogen-bond donors (Lipinski definition) is 0. The van der Waals surface area contributed by atoms with E-state index in [-0.39, 0.29) is 0 Å². The first-order valence-corrected chi connectivity index (χ1v) is 5.84. The molecule has 0 unspecified atom stereocenters. The lowest BCUT2D eigenvalue weighted by Crippen LogP contribution is -1.87. The fraction of sp³-hybridized carbons (Fsp3) is 0.125. The molecule has 0 saturated carbocycles. The van der Waals surface area contributed by atoms with Gasteiger partial charge in [0.05, 0.1) is 0 Å². The fourth-order valence-electron chi connectivity index (χ4n) is 3.04. The SMILES string of the molecule is C1=CCC2=C(C1)c1cccc3cccc2c13. The standard InChI is InChI=1S/C16H12/c1-2-8-13-12(7-1)14-9-3-5-11-6-4-10-15(13)16(11)14/h1-6,9-10H,7-8H2. The van der Waals surface area contributed by atoms with Gasteiger partial charge in [0.25, 0.3) is 0 Å². The molecule has 4 rings (SSSR count). The van der Waals surface area contributed by atoms with E-state index in [0.29, 0.717) is 0 Å². The van der Waals surface area contributed by atoms with Gasteiger partial charge in [-0.1, -0.05) is 48.6 Å². The van der Waals surface area contributed by atoms with Crippen LogP contribution in [-0.4, -0.2) is 0 Å². The maximum absolute atomic E-state index is 2.30. The van der Waals surface area contributed by atoms with Gasteiger partial charge in [0.15, 0.2) is 0 Å². The van der Waals surface area contributed by atoms with Crippen molar-refractivity contribution >= 4 is 21.9 Å². The summed E-state index contributed by atoms with van der Waals surface area (Å²) < 4.78 is 0. The predicted octanol–water partition coefficient (Wildman–Crippen LogP) is 4.41. The van der Waals surface area contributed by atoms with Crippen molar-refractivity contribution in [3.8, 4) is 0 Å². The van der Waals surface area contributed by atoms with Crippen molar-refractivity contribution < 1.29 is 0 Å². The minimum Gasteiger partial charge on any atom is -0.0838 e. The van der Waals surface area contributed by atoms with Crippen molar-refractivity contribution in [3.05, 3.63) is 59.7 Å². The first-order valence-electron chi connectivity index (χ1n) is 5.84. The van der Waals surface area contributed by atoms with Gasteiger partial charge in [0.2, 0.25) is 0 Å². The summed E-state index contributed by atoms with van der Waals surface area (Å²) in [6.45, 7) is 0. The van der Waals surface area contributed by atoms with Gasteiger partial charge in [-0.3, -0.25) is 0 Å². The average Bonchev–Trinajstić information content (AvgIpc) is 2.68. The van der Waals surface area contributed by atoms with Gasteiger partial charge >= 0.3 is 0 Å². The smallest absolute Gasteiger partial charge is 0.00329 e. The fourth-order valence-corrected chi connectivity index (χ4v) is 3.04. The van der Waals surface area contributed by atoms with E-state index < -0.39 is 0 Å². The van der Waals surface area contributed by atoms with Gasteiger partial charge in [0, 0.05) is 0 Å². The van der Waals surface area contributed by atoms with Gasteiger partial charge in [-0.15, -0.1) is 0 Å². The van der Waals surface area contributed by atoms with Crippen molar-refractivity contribution in [1.82, 2.24) is 0 Å². The summed E-state index contributed by atoms with van der Waals surface area (Å²) in [4.78, 5) is 0. The molecule has 0 amide bonds. The molecule has 0 aliphatic heterocycles. The molecule has 0 heteroatoms. The molecule has 2 aromatic carbocycles. The predicted molar refractivity (Wildman–Crippen MR) is 69.1 cm³/mol. The molecular formula is C16H12. The molecule has 16 heavy (non-hydrogen) atoms. The van der Waals surface area contributed by atoms with Crippen LogP contribution in [0.1, 0.15) is 24.0 Å². The van der Waals surface area contributed by atoms with Crippen LogP contribution in [0.15, 0.2) is 48.6 Å². The van der Waals surface area contributed by atoms with Crippen LogP contribution in [0.5, 0.6) is 0 Å². The molecule has 0 radical (unpaired) electrons. The molecular weight excluding hydrogens is 192 g/mol. The van der Waals surface area contributed by atoms with Crippen LogP contribution in [-0.2, 0) is 0 Å². The Bertz CT molecular complexity index is 604. The van der Waals surface area contributed by atoms with Gasteiger partial charge < -0.3 is 0 Å². The van der Waals surface area contributed by atoms with Gasteiger partial charge in [0.1, 0.15) is 0 Å². The normalized spacial score (nSPS) is 17.0. The first kappa shape index (κ1) is 8.35. The Balaban J connectivity index is 2.16. The quantitative estimate of drug-likeness (QED) is 0.557. The van der Waals surface area contributed by atoms with Crippen molar-refractivity contribution in [2.45, 2.75) is 12.8 Å². The first-order chi connectivity index (χ1) is 7.95. The summed E-state index contributed by atoms with van der Waals surface area (Å²) in [6.07, 6.45) is 6.79. The molecule has 2 aliphatic rings. The molecule has 2 aliphatic carbocycles. The monoisotopic (exact) mass is 204 g/mol. The minimum atomic E-state index is 1.10. The molecule has 76 valence electrons. The van der Waals surface area contributed by atoms with E-state index in [2.05, 4.69) is 48.6 Å². The van der Waals surface area contributed by atoms with E-state index in [1.54, 1.807) is 11.1 Å². The third kappa shape index (κ3) is 0.898. The molecule has 0 N–H and O–H groups in total. The number of allylic oxidation sites excluding steroid dienone is 4. The number of rotatable bonds is 0. The van der Waals surface area contributed by atoms with Crippen LogP contribution in [0.2, 0.25) is 0 Å². The Labute approximate surface area is 94.9 Å². The maximum Gasteiger partial charge on any atom is -0.00329 e. The van der Waals surface area contributed by atoms with E-state index in [4.69, 9.17) is 0 Å². The Hall–Kier alpha value is -1.82. The third-order valence-electron chi connectivity index (χ3n) is 3.73. The molecule has 0 aromatic heterocycles. The highest BCUT2D eigenvalue weighted by atomic mass is 14.3. The van der Waals surface area contributed by atoms with Crippen molar-refractivity contribution in [2.75, 3.05) is 0 Å². The Morgan fingerprint density at radius 1 is 0.688 bits per heavy atom. The molecule has 0 heterocycles. The zero-order chi connectivity index (χ0) is 10.5. The summed E-state index contributed by atoms with van der Waals surface area (Å²) in [7, 11) is 0. The highest BCUT2D eigenvalue weighted by Gasteiger charge is 2.23. The van der Waals surface area contributed by atoms with E-state index in [9.17, 15) is 0 Å². The molecule has 2 aromatic rings. The Morgan fingerprint density at radius 2 is 1.25 bits per heavy atom. The van der Waals surface area contributed by atoms with Crippen molar-refractivity contribution in [1.29, 1.82) is 0 Å². The van der Waals surface area contributed by atoms with E-state index in [0.717, 1.165) is 12.8 Å². The summed E-state index contributed by atoms with van der Waals surface area (Å²) >= 11 is 0. The highest BCUT2D eigenvalue weighted by Crippen LogP contribution is 2.46. The second-order valence-corrected chi connectivity index (χ2v) is 4.55. The van der Waals surface area contributed by atoms with E-state index in [1.807, 2.05) is 0 Å². The molecule has 0 nitrogen and oxygen atoms in total. The van der Waals surface area contributed by atoms with Crippen molar-refractivity contribution in [3.63, 3.8) is 0 Å². The number of benzene rings is 2. The van der Waals surface area contributed by atoms with E-state index in [1.165, 1.54) is 21.9 Å². The topological polar surface area (TPSA) is 0 Å². The molecule has 0 saturated heterocycles. The average molecular weight is 204 g/mol. The van der Waals surface area contributed by atoms with Gasteiger partial charge in [-0.25, -0.2) is 0 Å². The second kappa shape index (κ2) is 2.85. The Morgan fingerprint density at radius 3 is 1.81 bits per heavy atom. The van der Waals surface area contributed by atoms with Crippen LogP contribution in [0.3, 0.4) is 0 Å². The lowest BCUT2D eigenvalue weighted by molar-refractivity contribution is 1.28. The summed E-state index contributed by atoms with van der Waals surface area (Å²) in [5.74, 6) is 0. The van der Waals surface area contributed by atoms with Crippen LogP contribution in [0.4, 0.5) is 0 Å². The van der Waals surface area contributed by atoms with Gasteiger partial charge in [-0.05, 0) is 45.9 Å². The van der Waals surface area contributed by atoms with Crippen LogP contribution >= 0.6 is 0 Å². The van der Waals surface area contributed by atoms with E-state index >= 15 is 0 Å². The van der Waals surface area contributed by atoms with Gasteiger partial charge in [-0.2, -0.15) is 0 Å². The van der Waals surface area contributed by atoms with Crippen molar-refractivity contribution in [2.24, 2.45) is 0 Å². The van der Waals surface area contributed by atoms with Crippen LogP contribution in [0.25, 0.3) is 21.9 Å². The number of hydrogen-bond acceptors (Lipinski definition) is 0. The van der Waals surface area contributed by atoms with Crippen LogP contribution in [0, 0.1) is 0 Å². The lowest BCUT2D eigenvalue weighted by atomic mass is 9.95. The second-order valence-electron chi connectivity index (χ2n) is 4.55. The highest BCUT2D eigenvalue weighted by molar-refractivity contribution is 6.14. The molecule has 0 fully saturated rings. The number of fused-ring (bicyclic) bond motifs is 2. The maximum atomic E-state index is 2.30. The largest absolute Gasteiger partial charge is 0.0838 e.